The summed E-state index contributed by atoms with van der Waals surface area (Å²) in [4.78, 5) is 17.1. The fourth-order valence-electron chi connectivity index (χ4n) is 3.44. The zero-order chi connectivity index (χ0) is 13.8. The molecule has 0 aromatic rings. The van der Waals surface area contributed by atoms with Gasteiger partial charge in [-0.3, -0.25) is 9.69 Å². The van der Waals surface area contributed by atoms with Gasteiger partial charge in [-0.15, -0.1) is 0 Å². The van der Waals surface area contributed by atoms with Crippen molar-refractivity contribution in [2.45, 2.75) is 52.1 Å². The second-order valence-electron chi connectivity index (χ2n) is 6.07. The Hall–Kier alpha value is -0.610. The second-order valence-corrected chi connectivity index (χ2v) is 6.07. The molecule has 2 heterocycles. The molecule has 3 unspecified atom stereocenters. The summed E-state index contributed by atoms with van der Waals surface area (Å²) in [6.07, 6.45) is 3.45. The molecule has 0 aliphatic carbocycles. The van der Waals surface area contributed by atoms with Crippen molar-refractivity contribution in [3.63, 3.8) is 0 Å². The maximum Gasteiger partial charge on any atom is 0.239 e. The number of hydrogen-bond donors (Lipinski definition) is 1. The Morgan fingerprint density at radius 3 is 2.74 bits per heavy atom. The van der Waals surface area contributed by atoms with Gasteiger partial charge in [0, 0.05) is 25.7 Å². The lowest BCUT2D eigenvalue weighted by molar-refractivity contribution is -0.137. The van der Waals surface area contributed by atoms with E-state index in [0.717, 1.165) is 45.1 Å². The molecule has 0 bridgehead atoms. The van der Waals surface area contributed by atoms with Crippen molar-refractivity contribution < 1.29 is 4.79 Å². The molecule has 3 atom stereocenters. The molecule has 19 heavy (non-hydrogen) atoms. The maximum absolute atomic E-state index is 12.6. The first-order chi connectivity index (χ1) is 9.15. The molecule has 0 spiro atoms. The lowest BCUT2D eigenvalue weighted by Crippen LogP contribution is -2.58. The average molecular weight is 267 g/mol. The Morgan fingerprint density at radius 2 is 2.11 bits per heavy atom. The summed E-state index contributed by atoms with van der Waals surface area (Å²) in [5.74, 6) is 1.06. The lowest BCUT2D eigenvalue weighted by atomic mass is 9.89. The first-order valence-electron chi connectivity index (χ1n) is 7.91. The highest BCUT2D eigenvalue weighted by molar-refractivity contribution is 5.82. The number of nitrogens with one attached hydrogen (secondary N) is 1. The number of likely N-dealkylation sites (N-methyl/N-ethyl adjacent to an activating group) is 1. The van der Waals surface area contributed by atoms with Crippen LogP contribution in [0.15, 0.2) is 0 Å². The van der Waals surface area contributed by atoms with Gasteiger partial charge in [-0.2, -0.15) is 0 Å². The highest BCUT2D eigenvalue weighted by atomic mass is 16.2. The quantitative estimate of drug-likeness (QED) is 0.837. The molecule has 2 fully saturated rings. The summed E-state index contributed by atoms with van der Waals surface area (Å²) < 4.78 is 0. The molecule has 4 nitrogen and oxygen atoms in total. The summed E-state index contributed by atoms with van der Waals surface area (Å²) in [5.41, 5.74) is 0. The lowest BCUT2D eigenvalue weighted by Gasteiger charge is -2.41. The number of rotatable bonds is 3. The van der Waals surface area contributed by atoms with Gasteiger partial charge in [-0.25, -0.2) is 0 Å². The Bertz CT molecular complexity index is 308. The van der Waals surface area contributed by atoms with Crippen molar-refractivity contribution in [1.82, 2.24) is 15.1 Å². The van der Waals surface area contributed by atoms with Crippen LogP contribution in [0.25, 0.3) is 0 Å². The van der Waals surface area contributed by atoms with Gasteiger partial charge < -0.3 is 10.2 Å². The van der Waals surface area contributed by atoms with E-state index < -0.39 is 0 Å². The number of nitrogens with zero attached hydrogens (tertiary/aromatic N) is 2. The molecule has 0 saturated carbocycles. The molecule has 1 amide bonds. The first kappa shape index (κ1) is 14.8. The minimum Gasteiger partial charge on any atom is -0.339 e. The number of piperidine rings is 1. The normalized spacial score (nSPS) is 33.4. The molecular formula is C15H29N3O. The third-order valence-corrected chi connectivity index (χ3v) is 4.87. The second kappa shape index (κ2) is 6.71. The maximum atomic E-state index is 12.6. The molecule has 110 valence electrons. The SMILES string of the molecule is CCC1CCNC(C(=O)N2CCN(CC)C(C)C2)C1. The molecule has 4 heteroatoms. The Labute approximate surface area is 117 Å². The standard InChI is InChI=1S/C15H29N3O/c1-4-13-6-7-16-14(10-13)15(19)18-9-8-17(5-2)12(3)11-18/h12-14,16H,4-11H2,1-3H3. The number of carbonyl (C=O) groups excluding carboxylic acids is 1. The van der Waals surface area contributed by atoms with Gasteiger partial charge in [-0.1, -0.05) is 20.3 Å². The Balaban J connectivity index is 1.89. The number of piperazine rings is 1. The summed E-state index contributed by atoms with van der Waals surface area (Å²) in [5, 5.41) is 3.42. The fraction of sp³-hybridized carbons (Fsp3) is 0.933. The number of carbonyl (C=O) groups is 1. The third kappa shape index (κ3) is 3.48. The number of hydrogen-bond acceptors (Lipinski definition) is 3. The summed E-state index contributed by atoms with van der Waals surface area (Å²) >= 11 is 0. The molecule has 2 saturated heterocycles. The van der Waals surface area contributed by atoms with E-state index in [1.54, 1.807) is 0 Å². The van der Waals surface area contributed by atoms with Crippen molar-refractivity contribution >= 4 is 5.91 Å². The van der Waals surface area contributed by atoms with E-state index in [4.69, 9.17) is 0 Å². The van der Waals surface area contributed by atoms with Gasteiger partial charge in [0.25, 0.3) is 0 Å². The van der Waals surface area contributed by atoms with Crippen molar-refractivity contribution in [2.24, 2.45) is 5.92 Å². The minimum atomic E-state index is 0.0686. The number of amides is 1. The van der Waals surface area contributed by atoms with E-state index in [-0.39, 0.29) is 6.04 Å². The van der Waals surface area contributed by atoms with E-state index in [9.17, 15) is 4.79 Å². The molecule has 2 rings (SSSR count). The molecule has 0 radical (unpaired) electrons. The van der Waals surface area contributed by atoms with Crippen molar-refractivity contribution in [2.75, 3.05) is 32.7 Å². The van der Waals surface area contributed by atoms with Gasteiger partial charge >= 0.3 is 0 Å². The highest BCUT2D eigenvalue weighted by Gasteiger charge is 2.32. The van der Waals surface area contributed by atoms with Crippen LogP contribution in [0.1, 0.15) is 40.0 Å². The van der Waals surface area contributed by atoms with Crippen LogP contribution >= 0.6 is 0 Å². The van der Waals surface area contributed by atoms with Gasteiger partial charge in [0.2, 0.25) is 5.91 Å². The van der Waals surface area contributed by atoms with Crippen LogP contribution in [-0.4, -0.2) is 60.5 Å². The smallest absolute Gasteiger partial charge is 0.239 e. The van der Waals surface area contributed by atoms with Crippen LogP contribution in [-0.2, 0) is 4.79 Å². The molecule has 1 N–H and O–H groups in total. The molecule has 2 aliphatic rings. The molecular weight excluding hydrogens is 238 g/mol. The van der Waals surface area contributed by atoms with E-state index in [2.05, 4.69) is 35.9 Å². The van der Waals surface area contributed by atoms with E-state index in [0.29, 0.717) is 11.9 Å². The van der Waals surface area contributed by atoms with Crippen LogP contribution in [0.3, 0.4) is 0 Å². The Morgan fingerprint density at radius 1 is 1.32 bits per heavy atom. The van der Waals surface area contributed by atoms with E-state index >= 15 is 0 Å². The van der Waals surface area contributed by atoms with Crippen LogP contribution in [0, 0.1) is 5.92 Å². The van der Waals surface area contributed by atoms with Crippen molar-refractivity contribution in [1.29, 1.82) is 0 Å². The fourth-order valence-corrected chi connectivity index (χ4v) is 3.44. The summed E-state index contributed by atoms with van der Waals surface area (Å²) in [6.45, 7) is 11.6. The van der Waals surface area contributed by atoms with Crippen LogP contribution in [0.4, 0.5) is 0 Å². The topological polar surface area (TPSA) is 35.6 Å². The monoisotopic (exact) mass is 267 g/mol. The highest BCUT2D eigenvalue weighted by Crippen LogP contribution is 2.21. The van der Waals surface area contributed by atoms with Gasteiger partial charge in [-0.05, 0) is 38.8 Å². The molecule has 0 aromatic heterocycles. The zero-order valence-electron chi connectivity index (χ0n) is 12.7. The average Bonchev–Trinajstić information content (AvgIpc) is 2.46. The summed E-state index contributed by atoms with van der Waals surface area (Å²) in [6, 6.07) is 0.562. The largest absolute Gasteiger partial charge is 0.339 e. The van der Waals surface area contributed by atoms with E-state index in [1.165, 1.54) is 12.8 Å². The molecule has 2 aliphatic heterocycles. The van der Waals surface area contributed by atoms with Crippen LogP contribution in [0.2, 0.25) is 0 Å². The predicted octanol–water partition coefficient (Wildman–Crippen LogP) is 1.32. The summed E-state index contributed by atoms with van der Waals surface area (Å²) in [7, 11) is 0. The minimum absolute atomic E-state index is 0.0686. The predicted molar refractivity (Wildman–Crippen MR) is 78.1 cm³/mol. The van der Waals surface area contributed by atoms with Crippen molar-refractivity contribution in [3.05, 3.63) is 0 Å². The van der Waals surface area contributed by atoms with Crippen molar-refractivity contribution in [3.8, 4) is 0 Å². The third-order valence-electron chi connectivity index (χ3n) is 4.87. The zero-order valence-corrected chi connectivity index (χ0v) is 12.7. The Kier molecular flexibility index (Phi) is 5.22. The van der Waals surface area contributed by atoms with Crippen LogP contribution in [0.5, 0.6) is 0 Å². The molecule has 0 aromatic carbocycles. The van der Waals surface area contributed by atoms with Crippen LogP contribution < -0.4 is 5.32 Å². The first-order valence-corrected chi connectivity index (χ1v) is 7.91. The van der Waals surface area contributed by atoms with Gasteiger partial charge in [0.05, 0.1) is 6.04 Å². The van der Waals surface area contributed by atoms with E-state index in [1.807, 2.05) is 0 Å². The van der Waals surface area contributed by atoms with Gasteiger partial charge in [0.15, 0.2) is 0 Å². The van der Waals surface area contributed by atoms with Gasteiger partial charge in [0.1, 0.15) is 0 Å².